The minimum absolute atomic E-state index is 0.138. The van der Waals surface area contributed by atoms with Crippen LogP contribution in [0, 0.1) is 25.5 Å². The van der Waals surface area contributed by atoms with Crippen molar-refractivity contribution < 1.29 is 18.4 Å². The third-order valence-electron chi connectivity index (χ3n) is 3.43. The molecule has 132 valence electrons. The number of nitrogens with one attached hydrogen (secondary N) is 2. The Morgan fingerprint density at radius 3 is 2.44 bits per heavy atom. The molecule has 0 spiro atoms. The maximum absolute atomic E-state index is 13.6. The average molecular weight is 364 g/mol. The number of aryl methyl sites for hydroxylation is 2. The number of benzene rings is 2. The summed E-state index contributed by atoms with van der Waals surface area (Å²) >= 11 is 0.907. The summed E-state index contributed by atoms with van der Waals surface area (Å²) in [4.78, 5) is 24.2. The molecule has 25 heavy (non-hydrogen) atoms. The van der Waals surface area contributed by atoms with Crippen molar-refractivity contribution in [3.63, 3.8) is 0 Å². The molecule has 0 saturated carbocycles. The smallest absolute Gasteiger partial charge is 0.307 e. The maximum Gasteiger partial charge on any atom is 0.325 e. The lowest BCUT2D eigenvalue weighted by Crippen LogP contribution is -2.39. The van der Waals surface area contributed by atoms with Gasteiger partial charge in [0.15, 0.2) is 0 Å². The number of thioether (sulfide) groups is 1. The fourth-order valence-electron chi connectivity index (χ4n) is 2.14. The molecule has 1 unspecified atom stereocenters. The van der Waals surface area contributed by atoms with Crippen LogP contribution in [0.2, 0.25) is 0 Å². The highest BCUT2D eigenvalue weighted by molar-refractivity contribution is 8.00. The number of anilines is 1. The molecule has 0 heterocycles. The predicted molar refractivity (Wildman–Crippen MR) is 94.8 cm³/mol. The summed E-state index contributed by atoms with van der Waals surface area (Å²) in [6.07, 6.45) is 0. The number of hydrogen-bond acceptors (Lipinski definition) is 3. The summed E-state index contributed by atoms with van der Waals surface area (Å²) in [6, 6.07) is 7.97. The maximum atomic E-state index is 13.6. The van der Waals surface area contributed by atoms with Gasteiger partial charge in [-0.3, -0.25) is 10.1 Å². The molecule has 0 aromatic heterocycles. The van der Waals surface area contributed by atoms with Crippen molar-refractivity contribution >= 4 is 29.4 Å². The lowest BCUT2D eigenvalue weighted by atomic mass is 10.1. The Balaban J connectivity index is 1.94. The van der Waals surface area contributed by atoms with E-state index in [9.17, 15) is 18.4 Å². The van der Waals surface area contributed by atoms with Crippen LogP contribution in [-0.2, 0) is 4.79 Å². The second-order valence-corrected chi connectivity index (χ2v) is 6.98. The molecule has 1 atom stereocenters. The van der Waals surface area contributed by atoms with Gasteiger partial charge in [-0.25, -0.2) is 13.6 Å². The number of imide groups is 1. The van der Waals surface area contributed by atoms with Crippen molar-refractivity contribution in [3.8, 4) is 0 Å². The van der Waals surface area contributed by atoms with Gasteiger partial charge in [-0.15, -0.1) is 11.8 Å². The van der Waals surface area contributed by atoms with E-state index in [0.29, 0.717) is 5.69 Å². The van der Waals surface area contributed by atoms with Crippen molar-refractivity contribution in [2.75, 3.05) is 5.32 Å². The molecule has 2 aromatic rings. The number of halogens is 2. The van der Waals surface area contributed by atoms with E-state index >= 15 is 0 Å². The Morgan fingerprint density at radius 2 is 1.80 bits per heavy atom. The van der Waals surface area contributed by atoms with Gasteiger partial charge in [0.2, 0.25) is 5.91 Å². The Bertz CT molecular complexity index is 812. The highest BCUT2D eigenvalue weighted by Crippen LogP contribution is 2.26. The van der Waals surface area contributed by atoms with Crippen molar-refractivity contribution in [1.29, 1.82) is 0 Å². The van der Waals surface area contributed by atoms with Crippen LogP contribution in [0.25, 0.3) is 0 Å². The largest absolute Gasteiger partial charge is 0.325 e. The van der Waals surface area contributed by atoms with Crippen molar-refractivity contribution in [3.05, 3.63) is 59.2 Å². The quantitative estimate of drug-likeness (QED) is 0.790. The third-order valence-corrected chi connectivity index (χ3v) is 4.59. The van der Waals surface area contributed by atoms with Crippen LogP contribution in [0.3, 0.4) is 0 Å². The first-order valence-corrected chi connectivity index (χ1v) is 8.45. The molecule has 0 bridgehead atoms. The highest BCUT2D eigenvalue weighted by Gasteiger charge is 2.19. The van der Waals surface area contributed by atoms with Gasteiger partial charge < -0.3 is 5.32 Å². The average Bonchev–Trinajstić information content (AvgIpc) is 2.52. The van der Waals surface area contributed by atoms with E-state index in [0.717, 1.165) is 35.0 Å². The second-order valence-electron chi connectivity index (χ2n) is 5.60. The lowest BCUT2D eigenvalue weighted by molar-refractivity contribution is -0.119. The van der Waals surface area contributed by atoms with Crippen LogP contribution >= 0.6 is 11.8 Å². The Labute approximate surface area is 149 Å². The topological polar surface area (TPSA) is 58.2 Å². The van der Waals surface area contributed by atoms with Gasteiger partial charge >= 0.3 is 6.03 Å². The van der Waals surface area contributed by atoms with E-state index in [1.165, 1.54) is 13.0 Å². The first-order chi connectivity index (χ1) is 11.8. The van der Waals surface area contributed by atoms with E-state index < -0.39 is 28.8 Å². The van der Waals surface area contributed by atoms with Gasteiger partial charge in [0.25, 0.3) is 0 Å². The van der Waals surface area contributed by atoms with Gasteiger partial charge in [-0.2, -0.15) is 0 Å². The Kier molecular flexibility index (Phi) is 6.14. The minimum atomic E-state index is -0.746. The molecule has 3 amide bonds. The normalized spacial score (nSPS) is 11.7. The zero-order valence-corrected chi connectivity index (χ0v) is 14.8. The molecule has 0 radical (unpaired) electrons. The van der Waals surface area contributed by atoms with E-state index in [2.05, 4.69) is 10.6 Å². The Morgan fingerprint density at radius 1 is 1.08 bits per heavy atom. The van der Waals surface area contributed by atoms with Crippen LogP contribution in [0.4, 0.5) is 19.3 Å². The third kappa shape index (κ3) is 5.29. The zero-order chi connectivity index (χ0) is 18.6. The van der Waals surface area contributed by atoms with Crippen molar-refractivity contribution in [2.45, 2.75) is 30.9 Å². The molecule has 2 N–H and O–H groups in total. The summed E-state index contributed by atoms with van der Waals surface area (Å²) < 4.78 is 26.5. The molecule has 7 heteroatoms. The highest BCUT2D eigenvalue weighted by atomic mass is 32.2. The first-order valence-electron chi connectivity index (χ1n) is 7.57. The van der Waals surface area contributed by atoms with Gasteiger partial charge in [0.05, 0.1) is 5.25 Å². The molecule has 0 fully saturated rings. The fourth-order valence-corrected chi connectivity index (χ4v) is 3.00. The summed E-state index contributed by atoms with van der Waals surface area (Å²) in [5.74, 6) is -2.01. The number of carbonyl (C=O) groups is 2. The summed E-state index contributed by atoms with van der Waals surface area (Å²) in [5.41, 5.74) is 2.53. The van der Waals surface area contributed by atoms with Crippen LogP contribution in [0.1, 0.15) is 18.1 Å². The van der Waals surface area contributed by atoms with Gasteiger partial charge in [0.1, 0.15) is 11.6 Å². The molecule has 0 saturated heterocycles. The monoisotopic (exact) mass is 364 g/mol. The SMILES string of the molecule is Cc1ccc(NC(=O)NC(=O)C(C)Sc2ccc(F)cc2F)c(C)c1. The second kappa shape index (κ2) is 8.11. The summed E-state index contributed by atoms with van der Waals surface area (Å²) in [6.45, 7) is 5.32. The van der Waals surface area contributed by atoms with Crippen molar-refractivity contribution in [2.24, 2.45) is 0 Å². The van der Waals surface area contributed by atoms with E-state index in [-0.39, 0.29) is 4.90 Å². The zero-order valence-electron chi connectivity index (χ0n) is 14.0. The van der Waals surface area contributed by atoms with Crippen LogP contribution in [0.15, 0.2) is 41.3 Å². The van der Waals surface area contributed by atoms with E-state index in [4.69, 9.17) is 0 Å². The number of urea groups is 1. The molecule has 2 aromatic carbocycles. The van der Waals surface area contributed by atoms with Crippen molar-refractivity contribution in [1.82, 2.24) is 5.32 Å². The minimum Gasteiger partial charge on any atom is -0.307 e. The summed E-state index contributed by atoms with van der Waals surface area (Å²) in [7, 11) is 0. The molecular formula is C18H18F2N2O2S. The van der Waals surface area contributed by atoms with Crippen LogP contribution in [0.5, 0.6) is 0 Å². The number of hydrogen-bond donors (Lipinski definition) is 2. The fraction of sp³-hybridized carbons (Fsp3) is 0.222. The Hall–Kier alpha value is -2.41. The number of carbonyl (C=O) groups excluding carboxylic acids is 2. The molecule has 0 aliphatic rings. The van der Waals surface area contributed by atoms with Crippen LogP contribution < -0.4 is 10.6 Å². The number of amides is 3. The van der Waals surface area contributed by atoms with Gasteiger partial charge in [0, 0.05) is 16.6 Å². The van der Waals surface area contributed by atoms with Crippen LogP contribution in [-0.4, -0.2) is 17.2 Å². The van der Waals surface area contributed by atoms with E-state index in [1.807, 2.05) is 26.0 Å². The lowest BCUT2D eigenvalue weighted by Gasteiger charge is -2.13. The number of rotatable bonds is 4. The summed E-state index contributed by atoms with van der Waals surface area (Å²) in [5, 5.41) is 4.09. The first kappa shape index (κ1) is 18.9. The molecule has 0 aliphatic heterocycles. The molecular weight excluding hydrogens is 346 g/mol. The molecule has 4 nitrogen and oxygen atoms in total. The predicted octanol–water partition coefficient (Wildman–Crippen LogP) is 4.41. The molecule has 2 rings (SSSR count). The standard InChI is InChI=1S/C18H18F2N2O2S/c1-10-4-6-15(11(2)8-10)21-18(24)22-17(23)12(3)25-16-7-5-13(19)9-14(16)20/h4-9,12H,1-3H3,(H2,21,22,23,24). The van der Waals surface area contributed by atoms with Gasteiger partial charge in [-0.05, 0) is 44.5 Å². The molecule has 0 aliphatic carbocycles. The van der Waals surface area contributed by atoms with Gasteiger partial charge in [-0.1, -0.05) is 17.7 Å². The van der Waals surface area contributed by atoms with E-state index in [1.54, 1.807) is 6.07 Å².